The summed E-state index contributed by atoms with van der Waals surface area (Å²) in [6, 6.07) is 6.94. The van der Waals surface area contributed by atoms with Crippen molar-refractivity contribution in [3.8, 4) is 0 Å². The average molecular weight is 423 g/mol. The Bertz CT molecular complexity index is 1140. The van der Waals surface area contributed by atoms with E-state index in [1.807, 2.05) is 4.90 Å². The Hall–Kier alpha value is -2.66. The van der Waals surface area contributed by atoms with Crippen molar-refractivity contribution >= 4 is 26.7 Å². The number of halogens is 2. The molecule has 29 heavy (non-hydrogen) atoms. The summed E-state index contributed by atoms with van der Waals surface area (Å²) >= 11 is 0. The number of nitrogens with zero attached hydrogens (tertiary/aromatic N) is 5. The number of sulfonamides is 1. The molecular weight excluding hydrogens is 404 g/mol. The number of fused-ring (bicyclic) bond motifs is 1. The molecule has 0 N–H and O–H groups in total. The van der Waals surface area contributed by atoms with E-state index in [1.54, 1.807) is 38.1 Å². The fourth-order valence-corrected chi connectivity index (χ4v) is 5.24. The maximum atomic E-state index is 13.2. The normalized spacial score (nSPS) is 16.1. The Labute approximate surface area is 166 Å². The first-order valence-corrected chi connectivity index (χ1v) is 10.5. The molecular formula is C18H19F2N5O3S. The highest BCUT2D eigenvalue weighted by Gasteiger charge is 2.34. The lowest BCUT2D eigenvalue weighted by Crippen LogP contribution is -2.49. The second-order valence-electron chi connectivity index (χ2n) is 6.77. The molecule has 1 aliphatic rings. The van der Waals surface area contributed by atoms with Crippen LogP contribution in [0.3, 0.4) is 0 Å². The van der Waals surface area contributed by atoms with Crippen LogP contribution in [0.25, 0.3) is 10.9 Å². The number of anilines is 1. The van der Waals surface area contributed by atoms with Crippen LogP contribution in [-0.4, -0.2) is 54.0 Å². The number of hydrogen-bond acceptors (Lipinski definition) is 7. The van der Waals surface area contributed by atoms with Crippen LogP contribution in [0.1, 0.15) is 23.7 Å². The number of alkyl halides is 2. The Kier molecular flexibility index (Phi) is 4.95. The highest BCUT2D eigenvalue weighted by Crippen LogP contribution is 2.29. The quantitative estimate of drug-likeness (QED) is 0.637. The Morgan fingerprint density at radius 3 is 2.38 bits per heavy atom. The minimum atomic E-state index is -3.75. The molecule has 3 aromatic rings. The zero-order valence-electron chi connectivity index (χ0n) is 15.8. The third-order valence-electron chi connectivity index (χ3n) is 4.90. The van der Waals surface area contributed by atoms with E-state index >= 15 is 0 Å². The number of aryl methyl sites for hydroxylation is 2. The van der Waals surface area contributed by atoms with Crippen molar-refractivity contribution < 1.29 is 21.7 Å². The number of rotatable bonds is 4. The summed E-state index contributed by atoms with van der Waals surface area (Å²) in [5.74, 6) is 0.0954. The maximum Gasteiger partial charge on any atom is 0.297 e. The lowest BCUT2D eigenvalue weighted by Gasteiger charge is -2.35. The van der Waals surface area contributed by atoms with Crippen LogP contribution in [0, 0.1) is 13.8 Å². The third kappa shape index (κ3) is 3.44. The first-order valence-electron chi connectivity index (χ1n) is 9.02. The van der Waals surface area contributed by atoms with Gasteiger partial charge in [0, 0.05) is 31.6 Å². The first kappa shape index (κ1) is 19.6. The molecule has 0 saturated carbocycles. The molecule has 0 atom stereocenters. The second kappa shape index (κ2) is 7.30. The fraction of sp³-hybridized carbons (Fsp3) is 0.389. The fourth-order valence-electron chi connectivity index (χ4n) is 3.53. The Balaban J connectivity index is 1.62. The summed E-state index contributed by atoms with van der Waals surface area (Å²) in [5.41, 5.74) is 0.742. The number of para-hydroxylation sites is 1. The van der Waals surface area contributed by atoms with Crippen molar-refractivity contribution in [2.24, 2.45) is 0 Å². The van der Waals surface area contributed by atoms with Gasteiger partial charge in [-0.15, -0.1) is 0 Å². The van der Waals surface area contributed by atoms with Gasteiger partial charge in [-0.1, -0.05) is 17.3 Å². The van der Waals surface area contributed by atoms with E-state index in [0.717, 1.165) is 0 Å². The van der Waals surface area contributed by atoms with Gasteiger partial charge in [-0.05, 0) is 26.0 Å². The van der Waals surface area contributed by atoms with E-state index in [4.69, 9.17) is 4.52 Å². The van der Waals surface area contributed by atoms with E-state index in [0.29, 0.717) is 35.5 Å². The molecule has 1 fully saturated rings. The van der Waals surface area contributed by atoms with Crippen molar-refractivity contribution in [2.45, 2.75) is 25.2 Å². The molecule has 4 rings (SSSR count). The summed E-state index contributed by atoms with van der Waals surface area (Å²) in [4.78, 5) is 9.88. The van der Waals surface area contributed by atoms with Gasteiger partial charge in [0.25, 0.3) is 6.43 Å². The van der Waals surface area contributed by atoms with E-state index in [9.17, 15) is 17.2 Å². The van der Waals surface area contributed by atoms with Crippen molar-refractivity contribution in [2.75, 3.05) is 31.1 Å². The van der Waals surface area contributed by atoms with Gasteiger partial charge in [-0.25, -0.2) is 27.2 Å². The van der Waals surface area contributed by atoms with Crippen molar-refractivity contribution in [3.63, 3.8) is 0 Å². The van der Waals surface area contributed by atoms with E-state index < -0.39 is 22.3 Å². The molecule has 0 amide bonds. The standard InChI is InChI=1S/C18H19F2N5O3S/c1-11-15(12(2)28-23-11)29(26,27)25-9-7-24(8-10-25)18-13-5-3-4-6-14(13)21-17(22-18)16(19)20/h3-6,16H,7-10H2,1-2H3. The Morgan fingerprint density at radius 1 is 1.07 bits per heavy atom. The van der Waals surface area contributed by atoms with Crippen LogP contribution >= 0.6 is 0 Å². The van der Waals surface area contributed by atoms with Crippen LogP contribution < -0.4 is 4.90 Å². The van der Waals surface area contributed by atoms with Crippen LogP contribution in [0.5, 0.6) is 0 Å². The summed E-state index contributed by atoms with van der Waals surface area (Å²) < 4.78 is 58.8. The zero-order valence-corrected chi connectivity index (χ0v) is 16.7. The number of piperazine rings is 1. The molecule has 1 saturated heterocycles. The number of aromatic nitrogens is 3. The van der Waals surface area contributed by atoms with Gasteiger partial charge >= 0.3 is 0 Å². The smallest absolute Gasteiger partial charge is 0.297 e. The van der Waals surface area contributed by atoms with E-state index in [1.165, 1.54) is 4.31 Å². The minimum absolute atomic E-state index is 0.0819. The molecule has 3 heterocycles. The van der Waals surface area contributed by atoms with Gasteiger partial charge in [0.1, 0.15) is 16.4 Å². The molecule has 0 aliphatic carbocycles. The van der Waals surface area contributed by atoms with Crippen LogP contribution in [-0.2, 0) is 10.0 Å². The lowest BCUT2D eigenvalue weighted by atomic mass is 10.2. The second-order valence-corrected chi connectivity index (χ2v) is 8.64. The molecule has 0 spiro atoms. The largest absolute Gasteiger partial charge is 0.360 e. The van der Waals surface area contributed by atoms with Gasteiger partial charge in [-0.2, -0.15) is 4.31 Å². The average Bonchev–Trinajstić information content (AvgIpc) is 3.06. The maximum absolute atomic E-state index is 13.2. The monoisotopic (exact) mass is 423 g/mol. The Morgan fingerprint density at radius 2 is 1.76 bits per heavy atom. The molecule has 2 aromatic heterocycles. The van der Waals surface area contributed by atoms with E-state index in [-0.39, 0.29) is 23.7 Å². The molecule has 11 heteroatoms. The van der Waals surface area contributed by atoms with Gasteiger partial charge in [0.15, 0.2) is 11.6 Å². The summed E-state index contributed by atoms with van der Waals surface area (Å²) in [5, 5.41) is 4.37. The SMILES string of the molecule is Cc1noc(C)c1S(=O)(=O)N1CCN(c2nc(C(F)F)nc3ccccc23)CC1. The topological polar surface area (TPSA) is 92.4 Å². The number of benzene rings is 1. The summed E-state index contributed by atoms with van der Waals surface area (Å²) in [6.07, 6.45) is -2.79. The zero-order chi connectivity index (χ0) is 20.8. The molecule has 0 unspecified atom stereocenters. The first-order chi connectivity index (χ1) is 13.8. The lowest BCUT2D eigenvalue weighted by molar-refractivity contribution is 0.141. The predicted molar refractivity (Wildman–Crippen MR) is 101 cm³/mol. The van der Waals surface area contributed by atoms with Gasteiger partial charge in [0.2, 0.25) is 10.0 Å². The highest BCUT2D eigenvalue weighted by molar-refractivity contribution is 7.89. The van der Waals surface area contributed by atoms with Crippen molar-refractivity contribution in [1.82, 2.24) is 19.4 Å². The van der Waals surface area contributed by atoms with E-state index in [2.05, 4.69) is 15.1 Å². The van der Waals surface area contributed by atoms with Gasteiger partial charge in [0.05, 0.1) is 5.52 Å². The highest BCUT2D eigenvalue weighted by atomic mass is 32.2. The third-order valence-corrected chi connectivity index (χ3v) is 7.04. The van der Waals surface area contributed by atoms with Crippen molar-refractivity contribution in [1.29, 1.82) is 0 Å². The van der Waals surface area contributed by atoms with Crippen LogP contribution in [0.4, 0.5) is 14.6 Å². The minimum Gasteiger partial charge on any atom is -0.360 e. The summed E-state index contributed by atoms with van der Waals surface area (Å²) in [7, 11) is -3.75. The molecule has 0 bridgehead atoms. The molecule has 8 nitrogen and oxygen atoms in total. The number of hydrogen-bond donors (Lipinski definition) is 0. The predicted octanol–water partition coefficient (Wildman–Crippen LogP) is 2.68. The molecule has 1 aliphatic heterocycles. The van der Waals surface area contributed by atoms with Gasteiger partial charge in [-0.3, -0.25) is 0 Å². The van der Waals surface area contributed by atoms with Crippen LogP contribution in [0.2, 0.25) is 0 Å². The summed E-state index contributed by atoms with van der Waals surface area (Å²) in [6.45, 7) is 4.14. The molecule has 0 radical (unpaired) electrons. The van der Waals surface area contributed by atoms with Gasteiger partial charge < -0.3 is 9.42 Å². The molecule has 1 aromatic carbocycles. The van der Waals surface area contributed by atoms with Crippen molar-refractivity contribution in [3.05, 3.63) is 41.5 Å². The molecule has 154 valence electrons. The van der Waals surface area contributed by atoms with Crippen LogP contribution in [0.15, 0.2) is 33.7 Å².